The molecule has 0 fully saturated rings. The lowest BCUT2D eigenvalue weighted by Gasteiger charge is -2.06. The third-order valence-electron chi connectivity index (χ3n) is 2.13. The molecule has 0 aliphatic carbocycles. The highest BCUT2D eigenvalue weighted by molar-refractivity contribution is 6.32. The van der Waals surface area contributed by atoms with Crippen LogP contribution >= 0.6 is 11.6 Å². The molecule has 0 saturated carbocycles. The number of hydrogen-bond donors (Lipinski definition) is 0. The molecule has 1 aliphatic heterocycles. The van der Waals surface area contributed by atoms with Crippen LogP contribution in [0.3, 0.4) is 0 Å². The molecule has 0 spiro atoms. The summed E-state index contributed by atoms with van der Waals surface area (Å²) in [4.78, 5) is 10.7. The topological polar surface area (TPSA) is 26.3 Å². The van der Waals surface area contributed by atoms with E-state index in [2.05, 4.69) is 0 Å². The summed E-state index contributed by atoms with van der Waals surface area (Å²) in [5.74, 6) is 0.672. The van der Waals surface area contributed by atoms with Crippen LogP contribution in [0.4, 0.5) is 0 Å². The maximum Gasteiger partial charge on any atom is 0.146 e. The first-order chi connectivity index (χ1) is 6.81. The minimum Gasteiger partial charge on any atom is -0.491 e. The quantitative estimate of drug-likeness (QED) is 0.664. The van der Waals surface area contributed by atoms with Gasteiger partial charge in [-0.2, -0.15) is 0 Å². The monoisotopic (exact) mass is 208 g/mol. The van der Waals surface area contributed by atoms with Crippen LogP contribution < -0.4 is 4.74 Å². The second kappa shape index (κ2) is 3.84. The molecular formula is C11H9ClO2. The number of carbonyl (C=O) groups is 1. The number of hydrogen-bond acceptors (Lipinski definition) is 2. The van der Waals surface area contributed by atoms with E-state index in [4.69, 9.17) is 16.3 Å². The molecule has 0 saturated heterocycles. The largest absolute Gasteiger partial charge is 0.491 e. The van der Waals surface area contributed by atoms with Crippen LogP contribution in [0, 0.1) is 0 Å². The number of benzene rings is 1. The number of rotatable bonds is 1. The molecule has 0 aromatic heterocycles. The Balaban J connectivity index is 2.52. The third kappa shape index (κ3) is 1.66. The van der Waals surface area contributed by atoms with E-state index in [0.717, 1.165) is 17.4 Å². The molecule has 0 N–H and O–H groups in total. The highest BCUT2D eigenvalue weighted by Gasteiger charge is 2.11. The zero-order valence-electron chi connectivity index (χ0n) is 7.50. The van der Waals surface area contributed by atoms with Crippen molar-refractivity contribution < 1.29 is 9.53 Å². The number of aldehydes is 1. The lowest BCUT2D eigenvalue weighted by atomic mass is 10.1. The second-order valence-corrected chi connectivity index (χ2v) is 3.50. The van der Waals surface area contributed by atoms with Crippen molar-refractivity contribution in [2.24, 2.45) is 0 Å². The van der Waals surface area contributed by atoms with Gasteiger partial charge in [-0.05, 0) is 17.7 Å². The molecule has 0 bridgehead atoms. The summed E-state index contributed by atoms with van der Waals surface area (Å²) >= 11 is 5.96. The van der Waals surface area contributed by atoms with Gasteiger partial charge in [-0.3, -0.25) is 4.79 Å². The molecule has 0 atom stereocenters. The molecule has 2 nitrogen and oxygen atoms in total. The Morgan fingerprint density at radius 2 is 2.29 bits per heavy atom. The molecule has 1 aliphatic rings. The van der Waals surface area contributed by atoms with E-state index in [-0.39, 0.29) is 0 Å². The molecule has 2 rings (SSSR count). The first kappa shape index (κ1) is 9.28. The van der Waals surface area contributed by atoms with Gasteiger partial charge in [0.2, 0.25) is 0 Å². The van der Waals surface area contributed by atoms with E-state index >= 15 is 0 Å². The average molecular weight is 209 g/mol. The Labute approximate surface area is 87.1 Å². The van der Waals surface area contributed by atoms with Crippen LogP contribution in [0.2, 0.25) is 5.02 Å². The SMILES string of the molecule is O=CC1=Cc2cccc(Cl)c2OCC1. The number of carbonyl (C=O) groups excluding carboxylic acids is 1. The number of ether oxygens (including phenoxy) is 1. The minimum atomic E-state index is 0.501. The van der Waals surface area contributed by atoms with Crippen LogP contribution in [-0.2, 0) is 4.79 Å². The standard InChI is InChI=1S/C11H9ClO2/c12-10-3-1-2-9-6-8(7-13)4-5-14-11(9)10/h1-3,6-7H,4-5H2. The van der Waals surface area contributed by atoms with E-state index in [0.29, 0.717) is 23.8 Å². The zero-order chi connectivity index (χ0) is 9.97. The molecule has 1 aromatic rings. The summed E-state index contributed by atoms with van der Waals surface area (Å²) in [5.41, 5.74) is 1.61. The van der Waals surface area contributed by atoms with Crippen LogP contribution in [-0.4, -0.2) is 12.9 Å². The van der Waals surface area contributed by atoms with Gasteiger partial charge in [0, 0.05) is 12.0 Å². The first-order valence-electron chi connectivity index (χ1n) is 4.38. The third-order valence-corrected chi connectivity index (χ3v) is 2.42. The molecule has 1 heterocycles. The molecule has 0 amide bonds. The summed E-state index contributed by atoms with van der Waals surface area (Å²) in [5, 5.41) is 0.589. The second-order valence-electron chi connectivity index (χ2n) is 3.09. The van der Waals surface area contributed by atoms with Crippen LogP contribution in [0.1, 0.15) is 12.0 Å². The lowest BCUT2D eigenvalue weighted by molar-refractivity contribution is -0.105. The van der Waals surface area contributed by atoms with Gasteiger partial charge in [-0.25, -0.2) is 0 Å². The molecule has 72 valence electrons. The van der Waals surface area contributed by atoms with E-state index in [9.17, 15) is 4.79 Å². The Kier molecular flexibility index (Phi) is 2.55. The van der Waals surface area contributed by atoms with Crippen molar-refractivity contribution >= 4 is 24.0 Å². The number of fused-ring (bicyclic) bond motifs is 1. The Hall–Kier alpha value is -1.28. The summed E-state index contributed by atoms with van der Waals surface area (Å²) < 4.78 is 5.47. The highest BCUT2D eigenvalue weighted by Crippen LogP contribution is 2.32. The van der Waals surface area contributed by atoms with Gasteiger partial charge < -0.3 is 4.74 Å². The van der Waals surface area contributed by atoms with Crippen molar-refractivity contribution in [1.29, 1.82) is 0 Å². The first-order valence-corrected chi connectivity index (χ1v) is 4.76. The molecule has 1 aromatic carbocycles. The summed E-state index contributed by atoms with van der Waals surface area (Å²) in [6.45, 7) is 0.501. The van der Waals surface area contributed by atoms with Gasteiger partial charge in [0.05, 0.1) is 11.6 Å². The van der Waals surface area contributed by atoms with E-state index in [1.54, 1.807) is 6.07 Å². The summed E-state index contributed by atoms with van der Waals surface area (Å²) in [6, 6.07) is 5.50. The molecule has 0 radical (unpaired) electrons. The van der Waals surface area contributed by atoms with Crippen molar-refractivity contribution in [1.82, 2.24) is 0 Å². The normalized spacial score (nSPS) is 14.8. The Morgan fingerprint density at radius 1 is 1.43 bits per heavy atom. The van der Waals surface area contributed by atoms with Gasteiger partial charge in [0.1, 0.15) is 12.0 Å². The summed E-state index contributed by atoms with van der Waals surface area (Å²) in [6.07, 6.45) is 3.31. The van der Waals surface area contributed by atoms with Crippen LogP contribution in [0.5, 0.6) is 5.75 Å². The maximum atomic E-state index is 10.7. The van der Waals surface area contributed by atoms with Crippen molar-refractivity contribution in [2.75, 3.05) is 6.61 Å². The fourth-order valence-electron chi connectivity index (χ4n) is 1.43. The number of halogens is 1. The van der Waals surface area contributed by atoms with Gasteiger partial charge >= 0.3 is 0 Å². The van der Waals surface area contributed by atoms with E-state index in [1.165, 1.54) is 0 Å². The Morgan fingerprint density at radius 3 is 3.07 bits per heavy atom. The van der Waals surface area contributed by atoms with Gasteiger partial charge in [-0.1, -0.05) is 23.7 Å². The molecule has 14 heavy (non-hydrogen) atoms. The van der Waals surface area contributed by atoms with Crippen molar-refractivity contribution in [2.45, 2.75) is 6.42 Å². The van der Waals surface area contributed by atoms with Crippen LogP contribution in [0.25, 0.3) is 6.08 Å². The molecule has 3 heteroatoms. The Bertz CT molecular complexity index is 396. The predicted octanol–water partition coefficient (Wildman–Crippen LogP) is 2.70. The van der Waals surface area contributed by atoms with E-state index < -0.39 is 0 Å². The summed E-state index contributed by atoms with van der Waals surface area (Å²) in [7, 11) is 0. The molecular weight excluding hydrogens is 200 g/mol. The van der Waals surface area contributed by atoms with Crippen molar-refractivity contribution in [3.63, 3.8) is 0 Å². The molecule has 0 unspecified atom stereocenters. The fourth-order valence-corrected chi connectivity index (χ4v) is 1.66. The minimum absolute atomic E-state index is 0.501. The average Bonchev–Trinajstić information content (AvgIpc) is 2.40. The van der Waals surface area contributed by atoms with Gasteiger partial charge in [0.15, 0.2) is 0 Å². The van der Waals surface area contributed by atoms with Gasteiger partial charge in [-0.15, -0.1) is 0 Å². The van der Waals surface area contributed by atoms with Gasteiger partial charge in [0.25, 0.3) is 0 Å². The predicted molar refractivity (Wildman–Crippen MR) is 55.6 cm³/mol. The van der Waals surface area contributed by atoms with Crippen LogP contribution in [0.15, 0.2) is 23.8 Å². The van der Waals surface area contributed by atoms with Crippen molar-refractivity contribution in [3.05, 3.63) is 34.4 Å². The van der Waals surface area contributed by atoms with Crippen molar-refractivity contribution in [3.8, 4) is 5.75 Å². The maximum absolute atomic E-state index is 10.7. The lowest BCUT2D eigenvalue weighted by Crippen LogP contribution is -1.97. The van der Waals surface area contributed by atoms with E-state index in [1.807, 2.05) is 18.2 Å². The zero-order valence-corrected chi connectivity index (χ0v) is 8.25. The fraction of sp³-hybridized carbons (Fsp3) is 0.182. The highest BCUT2D eigenvalue weighted by atomic mass is 35.5. The number of para-hydroxylation sites is 1. The smallest absolute Gasteiger partial charge is 0.146 e.